The van der Waals surface area contributed by atoms with Crippen molar-refractivity contribution in [3.8, 4) is 0 Å². The Morgan fingerprint density at radius 2 is 1.91 bits per heavy atom. The summed E-state index contributed by atoms with van der Waals surface area (Å²) in [5, 5.41) is 0. The normalized spacial score (nSPS) is 17.9. The third-order valence-electron chi connectivity index (χ3n) is 5.91. The number of hydrogen-bond acceptors (Lipinski definition) is 7. The number of hydrogen-bond donors (Lipinski definition) is 1. The lowest BCUT2D eigenvalue weighted by molar-refractivity contribution is -0.143. The predicted octanol–water partition coefficient (Wildman–Crippen LogP) is 3.36. The standard InChI is InChI=1S/C25H36N4O4S/c1-3-5-19-34(31,32)27-25-21(9-10-24(30)33-4-2)7-6-8-22(25)20-28-15-17-29(18-16-28)23-11-13-26-14-12-23/h6-7,11-14,20,27H,3-5,8-10,15-19H2,1-2H3. The Kier molecular flexibility index (Phi) is 9.56. The van der Waals surface area contributed by atoms with Crippen LogP contribution in [0.3, 0.4) is 0 Å². The average molecular weight is 489 g/mol. The van der Waals surface area contributed by atoms with E-state index in [1.54, 1.807) is 19.3 Å². The van der Waals surface area contributed by atoms with Gasteiger partial charge in [-0.25, -0.2) is 8.42 Å². The number of anilines is 1. The van der Waals surface area contributed by atoms with E-state index in [-0.39, 0.29) is 18.1 Å². The molecule has 0 atom stereocenters. The van der Waals surface area contributed by atoms with Crippen LogP contribution in [0.1, 0.15) is 46.0 Å². The molecular weight excluding hydrogens is 452 g/mol. The monoisotopic (exact) mass is 488 g/mol. The van der Waals surface area contributed by atoms with E-state index in [1.165, 1.54) is 0 Å². The molecule has 34 heavy (non-hydrogen) atoms. The second-order valence-electron chi connectivity index (χ2n) is 8.47. The molecule has 9 heteroatoms. The highest BCUT2D eigenvalue weighted by Crippen LogP contribution is 2.28. The molecule has 1 aliphatic carbocycles. The second-order valence-corrected chi connectivity index (χ2v) is 10.3. The van der Waals surface area contributed by atoms with Crippen molar-refractivity contribution in [1.29, 1.82) is 0 Å². The van der Waals surface area contributed by atoms with Gasteiger partial charge in [-0.15, -0.1) is 0 Å². The number of ether oxygens (including phenoxy) is 1. The number of sulfonamides is 1. The molecule has 1 aromatic heterocycles. The molecule has 1 aliphatic heterocycles. The molecule has 0 unspecified atom stereocenters. The summed E-state index contributed by atoms with van der Waals surface area (Å²) in [6, 6.07) is 4.03. The fraction of sp³-hybridized carbons (Fsp3) is 0.520. The molecule has 2 aliphatic rings. The first kappa shape index (κ1) is 25.8. The minimum atomic E-state index is -3.48. The quantitative estimate of drug-likeness (QED) is 0.478. The van der Waals surface area contributed by atoms with Crippen LogP contribution >= 0.6 is 0 Å². The van der Waals surface area contributed by atoms with Crippen molar-refractivity contribution >= 4 is 21.7 Å². The summed E-state index contributed by atoms with van der Waals surface area (Å²) < 4.78 is 33.4. The summed E-state index contributed by atoms with van der Waals surface area (Å²) in [7, 11) is -3.48. The van der Waals surface area contributed by atoms with Gasteiger partial charge in [0.1, 0.15) is 0 Å². The Labute approximate surface area is 203 Å². The average Bonchev–Trinajstić information content (AvgIpc) is 2.84. The number of carbonyl (C=O) groups is 1. The first-order valence-corrected chi connectivity index (χ1v) is 13.7. The summed E-state index contributed by atoms with van der Waals surface area (Å²) in [4.78, 5) is 20.6. The largest absolute Gasteiger partial charge is 0.466 e. The van der Waals surface area contributed by atoms with E-state index in [2.05, 4.69) is 25.7 Å². The summed E-state index contributed by atoms with van der Waals surface area (Å²) in [6.45, 7) is 7.51. The first-order valence-electron chi connectivity index (χ1n) is 12.1. The molecule has 0 amide bonds. The Hall–Kier alpha value is -2.81. The third kappa shape index (κ3) is 7.62. The van der Waals surface area contributed by atoms with E-state index >= 15 is 0 Å². The lowest BCUT2D eigenvalue weighted by Gasteiger charge is -2.36. The van der Waals surface area contributed by atoms with Gasteiger partial charge in [-0.3, -0.25) is 14.5 Å². The van der Waals surface area contributed by atoms with Gasteiger partial charge in [0.25, 0.3) is 0 Å². The van der Waals surface area contributed by atoms with E-state index < -0.39 is 10.0 Å². The fourth-order valence-corrected chi connectivity index (χ4v) is 5.42. The van der Waals surface area contributed by atoms with Crippen LogP contribution in [0.2, 0.25) is 0 Å². The molecule has 0 bridgehead atoms. The van der Waals surface area contributed by atoms with Crippen LogP contribution in [-0.4, -0.2) is 62.8 Å². The zero-order valence-corrected chi connectivity index (χ0v) is 21.0. The molecule has 186 valence electrons. The minimum absolute atomic E-state index is 0.0831. The van der Waals surface area contributed by atoms with Gasteiger partial charge in [-0.05, 0) is 49.5 Å². The number of esters is 1. The van der Waals surface area contributed by atoms with Gasteiger partial charge in [0.2, 0.25) is 10.0 Å². The van der Waals surface area contributed by atoms with Crippen molar-refractivity contribution in [3.05, 3.63) is 59.7 Å². The van der Waals surface area contributed by atoms with Gasteiger partial charge >= 0.3 is 5.97 Å². The summed E-state index contributed by atoms with van der Waals surface area (Å²) in [5.41, 5.74) is 3.52. The predicted molar refractivity (Wildman–Crippen MR) is 135 cm³/mol. The maximum Gasteiger partial charge on any atom is 0.306 e. The van der Waals surface area contributed by atoms with Crippen molar-refractivity contribution in [2.24, 2.45) is 0 Å². The van der Waals surface area contributed by atoms with Crippen LogP contribution in [-0.2, 0) is 19.6 Å². The second kappa shape index (κ2) is 12.6. The van der Waals surface area contributed by atoms with Gasteiger partial charge in [0, 0.05) is 56.9 Å². The van der Waals surface area contributed by atoms with Crippen molar-refractivity contribution < 1.29 is 17.9 Å². The number of piperazine rings is 1. The Balaban J connectivity index is 1.77. The number of nitrogens with zero attached hydrogens (tertiary/aromatic N) is 3. The first-order chi connectivity index (χ1) is 16.4. The lowest BCUT2D eigenvalue weighted by Crippen LogP contribution is -2.44. The Morgan fingerprint density at radius 1 is 1.18 bits per heavy atom. The third-order valence-corrected chi connectivity index (χ3v) is 7.25. The number of carbonyl (C=O) groups excluding carboxylic acids is 1. The molecule has 8 nitrogen and oxygen atoms in total. The highest BCUT2D eigenvalue weighted by atomic mass is 32.2. The van der Waals surface area contributed by atoms with Crippen LogP contribution in [0.5, 0.6) is 0 Å². The van der Waals surface area contributed by atoms with Gasteiger partial charge < -0.3 is 14.5 Å². The summed E-state index contributed by atoms with van der Waals surface area (Å²) >= 11 is 0. The van der Waals surface area contributed by atoms with Gasteiger partial charge in [0.15, 0.2) is 0 Å². The van der Waals surface area contributed by atoms with E-state index in [0.29, 0.717) is 31.6 Å². The van der Waals surface area contributed by atoms with E-state index in [1.807, 2.05) is 31.2 Å². The van der Waals surface area contributed by atoms with Gasteiger partial charge in [-0.1, -0.05) is 25.5 Å². The zero-order valence-electron chi connectivity index (χ0n) is 20.2. The molecule has 0 saturated carbocycles. The molecule has 1 N–H and O–H groups in total. The fourth-order valence-electron chi connectivity index (χ4n) is 4.07. The van der Waals surface area contributed by atoms with E-state index in [0.717, 1.165) is 49.4 Å². The highest BCUT2D eigenvalue weighted by molar-refractivity contribution is 7.89. The molecule has 1 saturated heterocycles. The number of allylic oxidation sites excluding steroid dienone is 4. The van der Waals surface area contributed by atoms with E-state index in [9.17, 15) is 13.2 Å². The topological polar surface area (TPSA) is 91.8 Å². The van der Waals surface area contributed by atoms with Crippen LogP contribution in [0.4, 0.5) is 5.69 Å². The number of pyridine rings is 1. The zero-order chi connectivity index (χ0) is 24.4. The molecule has 1 fully saturated rings. The van der Waals surface area contributed by atoms with E-state index in [4.69, 9.17) is 4.74 Å². The number of rotatable bonds is 11. The van der Waals surface area contributed by atoms with Crippen LogP contribution in [0.15, 0.2) is 59.7 Å². The van der Waals surface area contributed by atoms with Crippen LogP contribution in [0.25, 0.3) is 0 Å². The number of unbranched alkanes of at least 4 members (excludes halogenated alkanes) is 1. The van der Waals surface area contributed by atoms with Crippen LogP contribution in [0, 0.1) is 0 Å². The number of aromatic nitrogens is 1. The maximum atomic E-state index is 12.8. The number of nitrogens with one attached hydrogen (secondary N) is 1. The van der Waals surface area contributed by atoms with Crippen molar-refractivity contribution in [2.45, 2.75) is 46.0 Å². The van der Waals surface area contributed by atoms with Crippen LogP contribution < -0.4 is 9.62 Å². The molecule has 1 aromatic rings. The lowest BCUT2D eigenvalue weighted by atomic mass is 9.95. The van der Waals surface area contributed by atoms with Gasteiger partial charge in [-0.2, -0.15) is 0 Å². The van der Waals surface area contributed by atoms with Crippen molar-refractivity contribution in [1.82, 2.24) is 14.6 Å². The van der Waals surface area contributed by atoms with Crippen molar-refractivity contribution in [2.75, 3.05) is 43.4 Å². The summed E-state index contributed by atoms with van der Waals surface area (Å²) in [6.07, 6.45) is 12.3. The minimum Gasteiger partial charge on any atom is -0.466 e. The van der Waals surface area contributed by atoms with Gasteiger partial charge in [0.05, 0.1) is 18.1 Å². The maximum absolute atomic E-state index is 12.8. The van der Waals surface area contributed by atoms with Crippen molar-refractivity contribution in [3.63, 3.8) is 0 Å². The molecule has 3 rings (SSSR count). The Morgan fingerprint density at radius 3 is 2.59 bits per heavy atom. The summed E-state index contributed by atoms with van der Waals surface area (Å²) in [5.74, 6) is -0.195. The molecule has 0 radical (unpaired) electrons. The molecule has 0 aromatic carbocycles. The molecule has 0 spiro atoms. The smallest absolute Gasteiger partial charge is 0.306 e. The Bertz CT molecular complexity index is 1010. The molecular formula is C25H36N4O4S. The molecule has 2 heterocycles. The highest BCUT2D eigenvalue weighted by Gasteiger charge is 2.22. The SMILES string of the molecule is CCCCS(=O)(=O)NC1=C(CCC(=O)OCC)C=CCC1=CN1CCN(c2ccncc2)CC1.